The third kappa shape index (κ3) is 3.92. The normalized spacial score (nSPS) is 19.6. The van der Waals surface area contributed by atoms with E-state index in [2.05, 4.69) is 46.3 Å². The standard InChI is InChI=1S/C21H23N5O/c1-15-14-25(20-9-8-19(13-22)23-24-20)10-11-26(15)21(27)12-16-2-4-17(5-3-16)18-6-7-18/h2-5,8-9,15,18H,6-7,10-12,14H2,1H3. The van der Waals surface area contributed by atoms with E-state index in [1.54, 1.807) is 6.07 Å². The minimum absolute atomic E-state index is 0.106. The molecular formula is C21H23N5O. The molecule has 27 heavy (non-hydrogen) atoms. The number of nitriles is 1. The number of piperazine rings is 1. The number of benzene rings is 1. The molecule has 2 fully saturated rings. The lowest BCUT2D eigenvalue weighted by Crippen LogP contribution is -2.54. The van der Waals surface area contributed by atoms with Crippen molar-refractivity contribution in [2.45, 2.75) is 38.1 Å². The molecule has 4 rings (SSSR count). The van der Waals surface area contributed by atoms with Crippen LogP contribution in [0.5, 0.6) is 0 Å². The second-order valence-corrected chi connectivity index (χ2v) is 7.46. The van der Waals surface area contributed by atoms with Gasteiger partial charge in [-0.3, -0.25) is 4.79 Å². The minimum atomic E-state index is 0.106. The maximum atomic E-state index is 12.8. The molecule has 0 bridgehead atoms. The second-order valence-electron chi connectivity index (χ2n) is 7.46. The van der Waals surface area contributed by atoms with Crippen LogP contribution in [0.25, 0.3) is 0 Å². The summed E-state index contributed by atoms with van der Waals surface area (Å²) >= 11 is 0. The van der Waals surface area contributed by atoms with E-state index in [0.717, 1.165) is 23.8 Å². The van der Waals surface area contributed by atoms with Crippen LogP contribution in [0.15, 0.2) is 36.4 Å². The van der Waals surface area contributed by atoms with Gasteiger partial charge in [0.05, 0.1) is 6.42 Å². The van der Waals surface area contributed by atoms with Gasteiger partial charge in [0.1, 0.15) is 6.07 Å². The van der Waals surface area contributed by atoms with E-state index in [1.165, 1.54) is 18.4 Å². The number of rotatable bonds is 4. The predicted molar refractivity (Wildman–Crippen MR) is 102 cm³/mol. The monoisotopic (exact) mass is 361 g/mol. The van der Waals surface area contributed by atoms with Crippen molar-refractivity contribution in [1.29, 1.82) is 5.26 Å². The molecule has 0 spiro atoms. The first-order chi connectivity index (χ1) is 13.1. The van der Waals surface area contributed by atoms with E-state index in [-0.39, 0.29) is 11.9 Å². The molecule has 2 aliphatic rings. The van der Waals surface area contributed by atoms with Crippen LogP contribution >= 0.6 is 0 Å². The molecule has 6 nitrogen and oxygen atoms in total. The van der Waals surface area contributed by atoms with Gasteiger partial charge < -0.3 is 9.80 Å². The van der Waals surface area contributed by atoms with Crippen LogP contribution in [0.4, 0.5) is 5.82 Å². The fraction of sp³-hybridized carbons (Fsp3) is 0.429. The van der Waals surface area contributed by atoms with E-state index in [4.69, 9.17) is 5.26 Å². The fourth-order valence-corrected chi connectivity index (χ4v) is 3.69. The zero-order valence-corrected chi connectivity index (χ0v) is 15.5. The summed E-state index contributed by atoms with van der Waals surface area (Å²) in [5, 5.41) is 16.9. The summed E-state index contributed by atoms with van der Waals surface area (Å²) in [4.78, 5) is 16.9. The van der Waals surface area contributed by atoms with Crippen LogP contribution in [0.3, 0.4) is 0 Å². The number of amides is 1. The van der Waals surface area contributed by atoms with Crippen molar-refractivity contribution >= 4 is 11.7 Å². The van der Waals surface area contributed by atoms with Gasteiger partial charge in [-0.25, -0.2) is 0 Å². The van der Waals surface area contributed by atoms with Crippen LogP contribution < -0.4 is 4.90 Å². The van der Waals surface area contributed by atoms with Crippen molar-refractivity contribution in [3.05, 3.63) is 53.2 Å². The summed E-state index contributed by atoms with van der Waals surface area (Å²) < 4.78 is 0. The number of hydrogen-bond acceptors (Lipinski definition) is 5. The first kappa shape index (κ1) is 17.5. The summed E-state index contributed by atoms with van der Waals surface area (Å²) in [5.74, 6) is 1.67. The molecular weight excluding hydrogens is 338 g/mol. The number of nitrogens with zero attached hydrogens (tertiary/aromatic N) is 5. The molecule has 2 aromatic rings. The van der Waals surface area contributed by atoms with Crippen LogP contribution in [-0.4, -0.2) is 46.7 Å². The van der Waals surface area contributed by atoms with Crippen molar-refractivity contribution in [3.8, 4) is 6.07 Å². The van der Waals surface area contributed by atoms with Gasteiger partial charge in [-0.05, 0) is 48.9 Å². The van der Waals surface area contributed by atoms with Crippen molar-refractivity contribution in [1.82, 2.24) is 15.1 Å². The molecule has 1 atom stereocenters. The topological polar surface area (TPSA) is 73.1 Å². The van der Waals surface area contributed by atoms with Gasteiger partial charge in [-0.15, -0.1) is 10.2 Å². The Labute approximate surface area is 159 Å². The van der Waals surface area contributed by atoms with Crippen LogP contribution in [-0.2, 0) is 11.2 Å². The SMILES string of the molecule is CC1CN(c2ccc(C#N)nn2)CCN1C(=O)Cc1ccc(C2CC2)cc1. The third-order valence-electron chi connectivity index (χ3n) is 5.42. The Bertz CT molecular complexity index is 852. The smallest absolute Gasteiger partial charge is 0.227 e. The second kappa shape index (κ2) is 7.36. The van der Waals surface area contributed by atoms with Gasteiger partial charge in [0.15, 0.2) is 11.5 Å². The van der Waals surface area contributed by atoms with Gasteiger partial charge >= 0.3 is 0 Å². The highest BCUT2D eigenvalue weighted by atomic mass is 16.2. The number of aromatic nitrogens is 2. The maximum absolute atomic E-state index is 12.8. The van der Waals surface area contributed by atoms with Crippen LogP contribution in [0.1, 0.15) is 42.5 Å². The first-order valence-electron chi connectivity index (χ1n) is 9.51. The molecule has 1 amide bonds. The van der Waals surface area contributed by atoms with Crippen molar-refractivity contribution in [2.75, 3.05) is 24.5 Å². The lowest BCUT2D eigenvalue weighted by molar-refractivity contribution is -0.132. The summed E-state index contributed by atoms with van der Waals surface area (Å²) in [6, 6.07) is 14.1. The summed E-state index contributed by atoms with van der Waals surface area (Å²) in [7, 11) is 0. The predicted octanol–water partition coefficient (Wildman–Crippen LogP) is 2.51. The summed E-state index contributed by atoms with van der Waals surface area (Å²) in [6.07, 6.45) is 3.04. The highest BCUT2D eigenvalue weighted by Crippen LogP contribution is 2.39. The van der Waals surface area contributed by atoms with E-state index >= 15 is 0 Å². The largest absolute Gasteiger partial charge is 0.351 e. The molecule has 1 aromatic carbocycles. The molecule has 1 aliphatic heterocycles. The molecule has 0 radical (unpaired) electrons. The molecule has 1 aliphatic carbocycles. The Morgan fingerprint density at radius 3 is 2.52 bits per heavy atom. The van der Waals surface area contributed by atoms with Crippen molar-refractivity contribution < 1.29 is 4.79 Å². The quantitative estimate of drug-likeness (QED) is 0.837. The van der Waals surface area contributed by atoms with Gasteiger partial charge in [0.2, 0.25) is 5.91 Å². The lowest BCUT2D eigenvalue weighted by Gasteiger charge is -2.40. The zero-order chi connectivity index (χ0) is 18.8. The highest BCUT2D eigenvalue weighted by molar-refractivity contribution is 5.79. The van der Waals surface area contributed by atoms with Gasteiger partial charge in [-0.1, -0.05) is 24.3 Å². The summed E-state index contributed by atoms with van der Waals surface area (Å²) in [5.41, 5.74) is 2.79. The number of carbonyl (C=O) groups excluding carboxylic acids is 1. The minimum Gasteiger partial charge on any atom is -0.351 e. The molecule has 1 aromatic heterocycles. The molecule has 1 saturated heterocycles. The summed E-state index contributed by atoms with van der Waals surface area (Å²) in [6.45, 7) is 4.17. The Morgan fingerprint density at radius 1 is 1.15 bits per heavy atom. The Balaban J connectivity index is 1.35. The Morgan fingerprint density at radius 2 is 1.93 bits per heavy atom. The van der Waals surface area contributed by atoms with Crippen molar-refractivity contribution in [3.63, 3.8) is 0 Å². The maximum Gasteiger partial charge on any atom is 0.227 e. The highest BCUT2D eigenvalue weighted by Gasteiger charge is 2.28. The van der Waals surface area contributed by atoms with Gasteiger partial charge in [-0.2, -0.15) is 5.26 Å². The fourth-order valence-electron chi connectivity index (χ4n) is 3.69. The average molecular weight is 361 g/mol. The number of carbonyl (C=O) groups is 1. The first-order valence-corrected chi connectivity index (χ1v) is 9.51. The van der Waals surface area contributed by atoms with E-state index in [9.17, 15) is 4.79 Å². The van der Waals surface area contributed by atoms with Crippen molar-refractivity contribution in [2.24, 2.45) is 0 Å². The zero-order valence-electron chi connectivity index (χ0n) is 15.5. The number of anilines is 1. The molecule has 0 N–H and O–H groups in total. The van der Waals surface area contributed by atoms with Crippen LogP contribution in [0.2, 0.25) is 0 Å². The Hall–Kier alpha value is -2.94. The van der Waals surface area contributed by atoms with E-state index in [1.807, 2.05) is 17.0 Å². The van der Waals surface area contributed by atoms with Gasteiger partial charge in [0.25, 0.3) is 0 Å². The van der Waals surface area contributed by atoms with E-state index < -0.39 is 0 Å². The molecule has 2 heterocycles. The third-order valence-corrected chi connectivity index (χ3v) is 5.42. The Kier molecular flexibility index (Phi) is 4.76. The van der Waals surface area contributed by atoms with Crippen LogP contribution in [0, 0.1) is 11.3 Å². The van der Waals surface area contributed by atoms with E-state index in [0.29, 0.717) is 25.2 Å². The molecule has 6 heteroatoms. The molecule has 1 unspecified atom stereocenters. The lowest BCUT2D eigenvalue weighted by atomic mass is 10.0. The van der Waals surface area contributed by atoms with Gasteiger partial charge in [0, 0.05) is 25.7 Å². The number of hydrogen-bond donors (Lipinski definition) is 0. The molecule has 138 valence electrons. The average Bonchev–Trinajstić information content (AvgIpc) is 3.54. The molecule has 1 saturated carbocycles.